The molecule has 6 nitrogen and oxygen atoms in total. The molecule has 0 aliphatic rings. The zero-order valence-electron chi connectivity index (χ0n) is 13.5. The molecular weight excluding hydrogens is 324 g/mol. The first-order valence-corrected chi connectivity index (χ1v) is 9.31. The van der Waals surface area contributed by atoms with Crippen molar-refractivity contribution < 1.29 is 8.42 Å². The summed E-state index contributed by atoms with van der Waals surface area (Å²) in [7, 11) is -3.55. The molecular formula is C17H18N4O2S. The van der Waals surface area contributed by atoms with Gasteiger partial charge in [-0.3, -0.25) is 0 Å². The van der Waals surface area contributed by atoms with Gasteiger partial charge in [0.05, 0.1) is 6.26 Å². The Labute approximate surface area is 141 Å². The molecule has 3 rings (SSSR count). The van der Waals surface area contributed by atoms with E-state index in [2.05, 4.69) is 15.4 Å². The maximum absolute atomic E-state index is 12.0. The summed E-state index contributed by atoms with van der Waals surface area (Å²) in [5.41, 5.74) is 2.91. The average molecular weight is 342 g/mol. The molecule has 0 atom stereocenters. The molecule has 2 aromatic carbocycles. The van der Waals surface area contributed by atoms with Crippen LogP contribution in [-0.4, -0.2) is 28.8 Å². The second-order valence-electron chi connectivity index (χ2n) is 5.57. The molecule has 1 heterocycles. The van der Waals surface area contributed by atoms with Crippen LogP contribution in [-0.2, 0) is 16.6 Å². The van der Waals surface area contributed by atoms with Gasteiger partial charge in [0.1, 0.15) is 0 Å². The molecule has 0 saturated heterocycles. The molecule has 0 aliphatic carbocycles. The van der Waals surface area contributed by atoms with Gasteiger partial charge in [-0.15, -0.1) is 9.19 Å². The van der Waals surface area contributed by atoms with E-state index in [0.29, 0.717) is 12.4 Å². The van der Waals surface area contributed by atoms with Crippen LogP contribution in [0.2, 0.25) is 0 Å². The molecule has 3 aromatic rings. The van der Waals surface area contributed by atoms with Crippen molar-refractivity contribution in [3.8, 4) is 11.4 Å². The van der Waals surface area contributed by atoms with Crippen molar-refractivity contribution in [2.24, 2.45) is 0 Å². The fraction of sp³-hybridized carbons (Fsp3) is 0.176. The number of anilines is 1. The van der Waals surface area contributed by atoms with Gasteiger partial charge < -0.3 is 5.32 Å². The lowest BCUT2D eigenvalue weighted by molar-refractivity contribution is 0.587. The van der Waals surface area contributed by atoms with Crippen LogP contribution in [0.4, 0.5) is 5.95 Å². The van der Waals surface area contributed by atoms with Crippen molar-refractivity contribution in [3.63, 3.8) is 0 Å². The van der Waals surface area contributed by atoms with Gasteiger partial charge in [-0.1, -0.05) is 60.2 Å². The third kappa shape index (κ3) is 3.62. The first-order chi connectivity index (χ1) is 11.4. The van der Waals surface area contributed by atoms with E-state index >= 15 is 0 Å². The summed E-state index contributed by atoms with van der Waals surface area (Å²) in [6.45, 7) is 2.45. The zero-order chi connectivity index (χ0) is 17.2. The van der Waals surface area contributed by atoms with Crippen LogP contribution >= 0.6 is 0 Å². The van der Waals surface area contributed by atoms with Gasteiger partial charge in [0.2, 0.25) is 5.95 Å². The molecule has 124 valence electrons. The highest BCUT2D eigenvalue weighted by molar-refractivity contribution is 7.89. The van der Waals surface area contributed by atoms with Crippen molar-refractivity contribution in [1.82, 2.24) is 14.2 Å². The zero-order valence-corrected chi connectivity index (χ0v) is 14.3. The number of nitrogens with zero attached hydrogens (tertiary/aromatic N) is 3. The van der Waals surface area contributed by atoms with Crippen LogP contribution < -0.4 is 5.32 Å². The summed E-state index contributed by atoms with van der Waals surface area (Å²) in [4.78, 5) is 4.35. The number of hydrogen-bond donors (Lipinski definition) is 1. The lowest BCUT2D eigenvalue weighted by atomic mass is 10.1. The molecule has 0 aliphatic heterocycles. The molecule has 0 amide bonds. The normalized spacial score (nSPS) is 11.4. The van der Waals surface area contributed by atoms with Crippen molar-refractivity contribution in [2.45, 2.75) is 13.5 Å². The predicted molar refractivity (Wildman–Crippen MR) is 94.2 cm³/mol. The Kier molecular flexibility index (Phi) is 4.35. The van der Waals surface area contributed by atoms with Gasteiger partial charge in [-0.2, -0.15) is 4.98 Å². The lowest BCUT2D eigenvalue weighted by Crippen LogP contribution is -2.16. The average Bonchev–Trinajstić information content (AvgIpc) is 2.99. The van der Waals surface area contributed by atoms with E-state index in [1.165, 1.54) is 0 Å². The van der Waals surface area contributed by atoms with E-state index < -0.39 is 10.0 Å². The molecule has 0 bridgehead atoms. The van der Waals surface area contributed by atoms with Gasteiger partial charge in [0.25, 0.3) is 10.0 Å². The van der Waals surface area contributed by atoms with E-state index in [1.54, 1.807) is 0 Å². The van der Waals surface area contributed by atoms with E-state index in [0.717, 1.165) is 27.0 Å². The lowest BCUT2D eigenvalue weighted by Gasteiger charge is -2.06. The molecule has 24 heavy (non-hydrogen) atoms. The monoisotopic (exact) mass is 342 g/mol. The number of nitrogens with one attached hydrogen (secondary N) is 1. The molecule has 0 saturated carbocycles. The highest BCUT2D eigenvalue weighted by atomic mass is 32.2. The van der Waals surface area contributed by atoms with Gasteiger partial charge in [-0.25, -0.2) is 8.42 Å². The molecule has 0 radical (unpaired) electrons. The Hall–Kier alpha value is -2.67. The van der Waals surface area contributed by atoms with Crippen LogP contribution in [0.3, 0.4) is 0 Å². The minimum absolute atomic E-state index is 0.205. The topological polar surface area (TPSA) is 76.9 Å². The molecule has 0 spiro atoms. The minimum atomic E-state index is -3.55. The van der Waals surface area contributed by atoms with Crippen molar-refractivity contribution >= 4 is 16.0 Å². The van der Waals surface area contributed by atoms with Gasteiger partial charge in [0, 0.05) is 12.1 Å². The maximum atomic E-state index is 12.0. The van der Waals surface area contributed by atoms with Crippen LogP contribution in [0, 0.1) is 6.92 Å². The smallest absolute Gasteiger partial charge is 0.254 e. The number of rotatable bonds is 5. The third-order valence-corrected chi connectivity index (χ3v) is 4.38. The number of benzene rings is 2. The maximum Gasteiger partial charge on any atom is 0.254 e. The summed E-state index contributed by atoms with van der Waals surface area (Å²) in [5.74, 6) is 0.577. The summed E-state index contributed by atoms with van der Waals surface area (Å²) < 4.78 is 24.9. The van der Waals surface area contributed by atoms with E-state index in [-0.39, 0.29) is 5.95 Å². The van der Waals surface area contributed by atoms with Crippen LogP contribution in [0.5, 0.6) is 0 Å². The first kappa shape index (κ1) is 16.2. The molecule has 0 unspecified atom stereocenters. The summed E-state index contributed by atoms with van der Waals surface area (Å²) >= 11 is 0. The molecule has 7 heteroatoms. The SMILES string of the molecule is Cc1ccc(-c2nc(NCc3ccccc3)n(S(C)(=O)=O)n2)cc1. The Morgan fingerprint density at radius 1 is 1.04 bits per heavy atom. The third-order valence-electron chi connectivity index (χ3n) is 3.50. The second kappa shape index (κ2) is 6.45. The van der Waals surface area contributed by atoms with Gasteiger partial charge in [-0.05, 0) is 12.5 Å². The minimum Gasteiger partial charge on any atom is -0.349 e. The summed E-state index contributed by atoms with van der Waals surface area (Å²) in [5, 5.41) is 7.20. The van der Waals surface area contributed by atoms with Gasteiger partial charge >= 0.3 is 0 Å². The van der Waals surface area contributed by atoms with Crippen LogP contribution in [0.25, 0.3) is 11.4 Å². The largest absolute Gasteiger partial charge is 0.349 e. The Morgan fingerprint density at radius 3 is 2.33 bits per heavy atom. The highest BCUT2D eigenvalue weighted by Gasteiger charge is 2.18. The predicted octanol–water partition coefficient (Wildman–Crippen LogP) is 2.67. The van der Waals surface area contributed by atoms with Gasteiger partial charge in [0.15, 0.2) is 5.82 Å². The van der Waals surface area contributed by atoms with Crippen molar-refractivity contribution in [2.75, 3.05) is 11.6 Å². The Balaban J connectivity index is 1.93. The van der Waals surface area contributed by atoms with Crippen molar-refractivity contribution in [3.05, 3.63) is 65.7 Å². The molecule has 0 fully saturated rings. The van der Waals surface area contributed by atoms with Crippen LogP contribution in [0.1, 0.15) is 11.1 Å². The second-order valence-corrected chi connectivity index (χ2v) is 7.38. The Bertz CT molecular complexity index is 932. The van der Waals surface area contributed by atoms with E-state index in [9.17, 15) is 8.42 Å². The summed E-state index contributed by atoms with van der Waals surface area (Å²) in [6.07, 6.45) is 1.11. The number of hydrogen-bond acceptors (Lipinski definition) is 5. The number of aryl methyl sites for hydroxylation is 1. The van der Waals surface area contributed by atoms with Crippen molar-refractivity contribution in [1.29, 1.82) is 0 Å². The first-order valence-electron chi connectivity index (χ1n) is 7.46. The molecule has 1 N–H and O–H groups in total. The van der Waals surface area contributed by atoms with E-state index in [1.807, 2.05) is 61.5 Å². The fourth-order valence-corrected chi connectivity index (χ4v) is 2.88. The highest BCUT2D eigenvalue weighted by Crippen LogP contribution is 2.20. The Morgan fingerprint density at radius 2 is 1.71 bits per heavy atom. The van der Waals surface area contributed by atoms with Crippen LogP contribution in [0.15, 0.2) is 54.6 Å². The summed E-state index contributed by atoms with van der Waals surface area (Å²) in [6, 6.07) is 17.3. The standard InChI is InChI=1S/C17H18N4O2S/c1-13-8-10-15(11-9-13)16-19-17(21(20-16)24(2,22)23)18-12-14-6-4-3-5-7-14/h3-11H,12H2,1-2H3,(H,18,19,20). The fourth-order valence-electron chi connectivity index (χ4n) is 2.24. The quantitative estimate of drug-likeness (QED) is 0.771. The molecule has 1 aromatic heterocycles. The van der Waals surface area contributed by atoms with E-state index in [4.69, 9.17) is 0 Å². The number of aromatic nitrogens is 3.